The summed E-state index contributed by atoms with van der Waals surface area (Å²) in [4.78, 5) is 0. The molecule has 2 rings (SSSR count). The zero-order chi connectivity index (χ0) is 13.5. The van der Waals surface area contributed by atoms with Crippen molar-refractivity contribution >= 4 is 0 Å². The molecular formula is C17H27NO. The molecule has 1 aromatic carbocycles. The monoisotopic (exact) mass is 261 g/mol. The number of rotatable bonds is 6. The van der Waals surface area contributed by atoms with Gasteiger partial charge < -0.3 is 10.4 Å². The molecule has 1 fully saturated rings. The third-order valence-electron chi connectivity index (χ3n) is 4.40. The van der Waals surface area contributed by atoms with E-state index in [1.807, 2.05) is 6.07 Å². The topological polar surface area (TPSA) is 32.3 Å². The fourth-order valence-electron chi connectivity index (χ4n) is 3.22. The highest BCUT2D eigenvalue weighted by atomic mass is 16.3. The van der Waals surface area contributed by atoms with Gasteiger partial charge in [-0.25, -0.2) is 0 Å². The molecule has 2 heteroatoms. The molecule has 19 heavy (non-hydrogen) atoms. The predicted octanol–water partition coefficient (Wildman–Crippen LogP) is 3.15. The first-order valence-corrected chi connectivity index (χ1v) is 7.70. The second-order valence-corrected chi connectivity index (χ2v) is 5.92. The van der Waals surface area contributed by atoms with Crippen LogP contribution in [-0.2, 0) is 6.42 Å². The van der Waals surface area contributed by atoms with Crippen LogP contribution >= 0.6 is 0 Å². The van der Waals surface area contributed by atoms with Crippen LogP contribution in [0.4, 0.5) is 0 Å². The highest BCUT2D eigenvalue weighted by Crippen LogP contribution is 2.26. The van der Waals surface area contributed by atoms with Crippen LogP contribution < -0.4 is 5.32 Å². The third kappa shape index (κ3) is 4.63. The van der Waals surface area contributed by atoms with Crippen molar-refractivity contribution in [3.05, 3.63) is 35.9 Å². The van der Waals surface area contributed by atoms with E-state index in [4.69, 9.17) is 0 Å². The Kier molecular flexibility index (Phi) is 5.87. The summed E-state index contributed by atoms with van der Waals surface area (Å²) in [6, 6.07) is 11.1. The Morgan fingerprint density at radius 1 is 1.16 bits per heavy atom. The maximum atomic E-state index is 9.57. The highest BCUT2D eigenvalue weighted by molar-refractivity contribution is 5.16. The molecule has 0 amide bonds. The summed E-state index contributed by atoms with van der Waals surface area (Å²) in [6.45, 7) is 2.50. The van der Waals surface area contributed by atoms with E-state index in [0.29, 0.717) is 6.04 Å². The van der Waals surface area contributed by atoms with E-state index in [0.717, 1.165) is 12.3 Å². The normalized spacial score (nSPS) is 20.1. The average molecular weight is 261 g/mol. The molecule has 0 aliphatic heterocycles. The first kappa shape index (κ1) is 14.5. The van der Waals surface area contributed by atoms with Crippen LogP contribution in [0.5, 0.6) is 0 Å². The summed E-state index contributed by atoms with van der Waals surface area (Å²) in [5, 5.41) is 13.2. The number of aliphatic hydroxyl groups excluding tert-OH is 1. The van der Waals surface area contributed by atoms with E-state index in [-0.39, 0.29) is 12.6 Å². The second-order valence-electron chi connectivity index (χ2n) is 5.92. The summed E-state index contributed by atoms with van der Waals surface area (Å²) in [5.41, 5.74) is 1.30. The number of benzene rings is 1. The van der Waals surface area contributed by atoms with Gasteiger partial charge in [0.2, 0.25) is 0 Å². The molecule has 2 N–H and O–H groups in total. The van der Waals surface area contributed by atoms with Gasteiger partial charge in [0.15, 0.2) is 0 Å². The van der Waals surface area contributed by atoms with Gasteiger partial charge in [0.05, 0.1) is 6.61 Å². The molecule has 1 aliphatic carbocycles. The molecule has 0 radical (unpaired) electrons. The van der Waals surface area contributed by atoms with Crippen LogP contribution in [-0.4, -0.2) is 23.8 Å². The molecule has 1 unspecified atom stereocenters. The molecule has 0 bridgehead atoms. The predicted molar refractivity (Wildman–Crippen MR) is 80.2 cm³/mol. The van der Waals surface area contributed by atoms with Gasteiger partial charge in [0.1, 0.15) is 0 Å². The zero-order valence-corrected chi connectivity index (χ0v) is 12.0. The van der Waals surface area contributed by atoms with Crippen LogP contribution in [0.2, 0.25) is 0 Å². The molecule has 0 heterocycles. The lowest BCUT2D eigenvalue weighted by Crippen LogP contribution is -2.44. The Balaban J connectivity index is 1.84. The Morgan fingerprint density at radius 3 is 2.47 bits per heavy atom. The van der Waals surface area contributed by atoms with Gasteiger partial charge in [-0.05, 0) is 37.7 Å². The molecule has 2 nitrogen and oxygen atoms in total. The number of aliphatic hydroxyl groups is 1. The van der Waals surface area contributed by atoms with Gasteiger partial charge >= 0.3 is 0 Å². The summed E-state index contributed by atoms with van der Waals surface area (Å²) in [5.74, 6) is 0.790. The lowest BCUT2D eigenvalue weighted by atomic mass is 9.84. The Bertz CT molecular complexity index is 346. The average Bonchev–Trinajstić information content (AvgIpc) is 2.48. The molecule has 0 aromatic heterocycles. The maximum Gasteiger partial charge on any atom is 0.0587 e. The van der Waals surface area contributed by atoms with E-state index in [1.165, 1.54) is 37.7 Å². The summed E-state index contributed by atoms with van der Waals surface area (Å²) in [6.07, 6.45) is 7.75. The molecule has 2 atom stereocenters. The van der Waals surface area contributed by atoms with Gasteiger partial charge in [-0.2, -0.15) is 0 Å². The van der Waals surface area contributed by atoms with Crippen LogP contribution in [0.15, 0.2) is 30.3 Å². The van der Waals surface area contributed by atoms with E-state index >= 15 is 0 Å². The van der Waals surface area contributed by atoms with Gasteiger partial charge in [-0.3, -0.25) is 0 Å². The van der Waals surface area contributed by atoms with Crippen molar-refractivity contribution in [1.29, 1.82) is 0 Å². The standard InChI is InChI=1S/C17H27NO/c1-14(16-10-6-3-7-11-16)18-17(13-19)12-15-8-4-2-5-9-15/h2,4-5,8-9,14,16-19H,3,6-7,10-13H2,1H3/t14?,17-/m0/s1. The van der Waals surface area contributed by atoms with Crippen LogP contribution in [0.25, 0.3) is 0 Å². The van der Waals surface area contributed by atoms with Crippen molar-refractivity contribution in [2.24, 2.45) is 5.92 Å². The SMILES string of the molecule is CC(N[C@H](CO)Cc1ccccc1)C1CCCCC1. The molecule has 1 aromatic rings. The highest BCUT2D eigenvalue weighted by Gasteiger charge is 2.22. The van der Waals surface area contributed by atoms with Gasteiger partial charge in [-0.15, -0.1) is 0 Å². The summed E-state index contributed by atoms with van der Waals surface area (Å²) in [7, 11) is 0. The molecule has 0 saturated heterocycles. The summed E-state index contributed by atoms with van der Waals surface area (Å²) >= 11 is 0. The van der Waals surface area contributed by atoms with Gasteiger partial charge in [0, 0.05) is 12.1 Å². The third-order valence-corrected chi connectivity index (χ3v) is 4.40. The van der Waals surface area contributed by atoms with Gasteiger partial charge in [-0.1, -0.05) is 49.6 Å². The van der Waals surface area contributed by atoms with Crippen molar-refractivity contribution in [1.82, 2.24) is 5.32 Å². The van der Waals surface area contributed by atoms with Crippen molar-refractivity contribution in [2.45, 2.75) is 57.5 Å². The number of hydrogen-bond donors (Lipinski definition) is 2. The Hall–Kier alpha value is -0.860. The van der Waals surface area contributed by atoms with Crippen molar-refractivity contribution in [3.8, 4) is 0 Å². The molecule has 106 valence electrons. The molecule has 0 spiro atoms. The smallest absolute Gasteiger partial charge is 0.0587 e. The van der Waals surface area contributed by atoms with Crippen molar-refractivity contribution in [2.75, 3.05) is 6.61 Å². The minimum atomic E-state index is 0.180. The minimum Gasteiger partial charge on any atom is -0.395 e. The van der Waals surface area contributed by atoms with E-state index in [9.17, 15) is 5.11 Å². The van der Waals surface area contributed by atoms with Crippen LogP contribution in [0.3, 0.4) is 0 Å². The molecule has 1 aliphatic rings. The second kappa shape index (κ2) is 7.66. The molecular weight excluding hydrogens is 234 g/mol. The van der Waals surface area contributed by atoms with Crippen molar-refractivity contribution in [3.63, 3.8) is 0 Å². The summed E-state index contributed by atoms with van der Waals surface area (Å²) < 4.78 is 0. The first-order chi connectivity index (χ1) is 9.29. The van der Waals surface area contributed by atoms with E-state index in [1.54, 1.807) is 0 Å². The number of hydrogen-bond acceptors (Lipinski definition) is 2. The number of nitrogens with one attached hydrogen (secondary N) is 1. The maximum absolute atomic E-state index is 9.57. The Labute approximate surface area is 117 Å². The lowest BCUT2D eigenvalue weighted by Gasteiger charge is -2.31. The van der Waals surface area contributed by atoms with Gasteiger partial charge in [0.25, 0.3) is 0 Å². The minimum absolute atomic E-state index is 0.180. The quantitative estimate of drug-likeness (QED) is 0.824. The Morgan fingerprint density at radius 2 is 1.84 bits per heavy atom. The fourth-order valence-corrected chi connectivity index (χ4v) is 3.22. The van der Waals surface area contributed by atoms with E-state index < -0.39 is 0 Å². The van der Waals surface area contributed by atoms with E-state index in [2.05, 4.69) is 36.5 Å². The zero-order valence-electron chi connectivity index (χ0n) is 12.0. The fraction of sp³-hybridized carbons (Fsp3) is 0.647. The van der Waals surface area contributed by atoms with Crippen LogP contribution in [0.1, 0.15) is 44.6 Å². The lowest BCUT2D eigenvalue weighted by molar-refractivity contribution is 0.202. The largest absolute Gasteiger partial charge is 0.395 e. The first-order valence-electron chi connectivity index (χ1n) is 7.70. The van der Waals surface area contributed by atoms with Crippen LogP contribution in [0, 0.1) is 5.92 Å². The molecule has 1 saturated carbocycles. The van der Waals surface area contributed by atoms with Crippen molar-refractivity contribution < 1.29 is 5.11 Å².